The van der Waals surface area contributed by atoms with Gasteiger partial charge in [0, 0.05) is 19.3 Å². The molecule has 0 bridgehead atoms. The molecule has 0 saturated heterocycles. The minimum atomic E-state index is -0.762. The van der Waals surface area contributed by atoms with E-state index in [2.05, 4.69) is 32.9 Å². The summed E-state index contributed by atoms with van der Waals surface area (Å²) in [6.45, 7) is 6.64. The van der Waals surface area contributed by atoms with E-state index in [4.69, 9.17) is 14.2 Å². The van der Waals surface area contributed by atoms with Gasteiger partial charge in [-0.15, -0.1) is 0 Å². The summed E-state index contributed by atoms with van der Waals surface area (Å²) in [4.78, 5) is 37.8. The normalized spacial score (nSPS) is 12.0. The summed E-state index contributed by atoms with van der Waals surface area (Å²) in [6, 6.07) is 0. The Balaban J connectivity index is 4.18. The number of ether oxygens (including phenoxy) is 3. The Kier molecular flexibility index (Phi) is 47.3. The van der Waals surface area contributed by atoms with E-state index >= 15 is 0 Å². The van der Waals surface area contributed by atoms with Crippen LogP contribution >= 0.6 is 0 Å². The summed E-state index contributed by atoms with van der Waals surface area (Å²) in [7, 11) is 0. The fourth-order valence-corrected chi connectivity index (χ4v) is 7.79. The van der Waals surface area contributed by atoms with Crippen molar-refractivity contribution in [2.45, 2.75) is 297 Å². The highest BCUT2D eigenvalue weighted by atomic mass is 16.6. The first-order valence-electron chi connectivity index (χ1n) is 26.2. The molecule has 0 aromatic rings. The number of carbonyl (C=O) groups is 3. The summed E-state index contributed by atoms with van der Waals surface area (Å²) >= 11 is 0. The number of allylic oxidation sites excluding steroid dienone is 2. The van der Waals surface area contributed by atoms with Crippen LogP contribution in [-0.2, 0) is 28.6 Å². The maximum absolute atomic E-state index is 12.7. The summed E-state index contributed by atoms with van der Waals surface area (Å²) in [5.41, 5.74) is 0. The molecule has 1 unspecified atom stereocenters. The monoisotopic (exact) mass is 833 g/mol. The van der Waals surface area contributed by atoms with Crippen molar-refractivity contribution in [2.75, 3.05) is 13.2 Å². The van der Waals surface area contributed by atoms with Crippen LogP contribution in [0.1, 0.15) is 290 Å². The standard InChI is InChI=1S/C53H100O6/c1-4-7-10-13-16-19-21-22-23-24-25-26-27-28-29-30-32-34-37-40-43-46-52(55)58-49-50(48-57-51(54)45-42-39-36-33-18-15-12-9-6-3)59-53(56)47-44-41-38-35-31-20-17-14-11-8-5-2/h24-25,50H,4-23,26-49H2,1-3H3/b25-24-. The van der Waals surface area contributed by atoms with E-state index < -0.39 is 6.10 Å². The second-order valence-corrected chi connectivity index (χ2v) is 17.8. The number of esters is 3. The molecule has 0 N–H and O–H groups in total. The van der Waals surface area contributed by atoms with Crippen LogP contribution in [0.15, 0.2) is 12.2 Å². The van der Waals surface area contributed by atoms with E-state index in [0.717, 1.165) is 57.8 Å². The van der Waals surface area contributed by atoms with Crippen LogP contribution in [0.25, 0.3) is 0 Å². The van der Waals surface area contributed by atoms with Gasteiger partial charge in [-0.1, -0.05) is 238 Å². The average Bonchev–Trinajstić information content (AvgIpc) is 3.23. The Morgan fingerprint density at radius 1 is 0.322 bits per heavy atom. The predicted molar refractivity (Wildman–Crippen MR) is 252 cm³/mol. The number of carbonyl (C=O) groups excluding carboxylic acids is 3. The van der Waals surface area contributed by atoms with Gasteiger partial charge in [-0.25, -0.2) is 0 Å². The number of unbranched alkanes of at least 4 members (excludes halogenated alkanes) is 35. The van der Waals surface area contributed by atoms with Gasteiger partial charge in [0.25, 0.3) is 0 Å². The van der Waals surface area contributed by atoms with E-state index in [1.807, 2.05) is 0 Å². The van der Waals surface area contributed by atoms with Gasteiger partial charge in [0.05, 0.1) is 0 Å². The van der Waals surface area contributed by atoms with Gasteiger partial charge < -0.3 is 14.2 Å². The first kappa shape index (κ1) is 57.1. The molecule has 1 atom stereocenters. The molecular formula is C53H100O6. The SMILES string of the molecule is CCCCCCCCCC/C=C\CCCCCCCCCCCC(=O)OCC(COC(=O)CCCCCCCCCCC)OC(=O)CCCCCCCCCCCCC. The third kappa shape index (κ3) is 47.1. The summed E-state index contributed by atoms with van der Waals surface area (Å²) in [5.74, 6) is -0.857. The molecule has 6 nitrogen and oxygen atoms in total. The lowest BCUT2D eigenvalue weighted by Gasteiger charge is -2.18. The van der Waals surface area contributed by atoms with Gasteiger partial charge in [0.15, 0.2) is 6.10 Å². The van der Waals surface area contributed by atoms with Gasteiger partial charge in [0.2, 0.25) is 0 Å². The fourth-order valence-electron chi connectivity index (χ4n) is 7.79. The lowest BCUT2D eigenvalue weighted by Crippen LogP contribution is -2.30. The van der Waals surface area contributed by atoms with Crippen LogP contribution in [0.3, 0.4) is 0 Å². The molecular weight excluding hydrogens is 733 g/mol. The van der Waals surface area contributed by atoms with Gasteiger partial charge in [-0.05, 0) is 44.9 Å². The lowest BCUT2D eigenvalue weighted by atomic mass is 10.1. The molecule has 0 aliphatic heterocycles. The number of hydrogen-bond acceptors (Lipinski definition) is 6. The lowest BCUT2D eigenvalue weighted by molar-refractivity contribution is -0.167. The highest BCUT2D eigenvalue weighted by molar-refractivity contribution is 5.71. The van der Waals surface area contributed by atoms with Crippen molar-refractivity contribution in [3.05, 3.63) is 12.2 Å². The zero-order chi connectivity index (χ0) is 43.0. The second-order valence-electron chi connectivity index (χ2n) is 17.8. The van der Waals surface area contributed by atoms with E-state index in [1.54, 1.807) is 0 Å². The van der Waals surface area contributed by atoms with Crippen molar-refractivity contribution in [3.8, 4) is 0 Å². The van der Waals surface area contributed by atoms with Crippen molar-refractivity contribution in [2.24, 2.45) is 0 Å². The van der Waals surface area contributed by atoms with Gasteiger partial charge in [-0.3, -0.25) is 14.4 Å². The molecule has 0 aliphatic carbocycles. The van der Waals surface area contributed by atoms with Crippen LogP contribution in [-0.4, -0.2) is 37.2 Å². The van der Waals surface area contributed by atoms with E-state index in [-0.39, 0.29) is 31.1 Å². The van der Waals surface area contributed by atoms with Crippen molar-refractivity contribution in [1.29, 1.82) is 0 Å². The Morgan fingerprint density at radius 2 is 0.559 bits per heavy atom. The van der Waals surface area contributed by atoms with Gasteiger partial charge >= 0.3 is 17.9 Å². The third-order valence-corrected chi connectivity index (χ3v) is 11.8. The van der Waals surface area contributed by atoms with Gasteiger partial charge in [0.1, 0.15) is 13.2 Å². The zero-order valence-electron chi connectivity index (χ0n) is 39.8. The topological polar surface area (TPSA) is 78.9 Å². The van der Waals surface area contributed by atoms with E-state index in [9.17, 15) is 14.4 Å². The maximum Gasteiger partial charge on any atom is 0.306 e. The molecule has 0 aromatic heterocycles. The largest absolute Gasteiger partial charge is 0.462 e. The molecule has 0 amide bonds. The Bertz CT molecular complexity index is 916. The molecule has 0 spiro atoms. The van der Waals surface area contributed by atoms with Crippen molar-refractivity contribution < 1.29 is 28.6 Å². The van der Waals surface area contributed by atoms with E-state index in [0.29, 0.717) is 19.3 Å². The summed E-state index contributed by atoms with van der Waals surface area (Å²) in [5, 5.41) is 0. The summed E-state index contributed by atoms with van der Waals surface area (Å²) < 4.78 is 16.8. The van der Waals surface area contributed by atoms with Crippen LogP contribution in [0.4, 0.5) is 0 Å². The Hall–Kier alpha value is -1.85. The number of rotatable bonds is 48. The zero-order valence-corrected chi connectivity index (χ0v) is 39.8. The maximum atomic E-state index is 12.7. The first-order chi connectivity index (χ1) is 29.0. The average molecular weight is 833 g/mol. The Labute approximate surface area is 367 Å². The molecule has 0 fully saturated rings. The molecule has 0 saturated carbocycles. The van der Waals surface area contributed by atoms with Crippen LogP contribution in [0.5, 0.6) is 0 Å². The van der Waals surface area contributed by atoms with Crippen molar-refractivity contribution >= 4 is 17.9 Å². The third-order valence-electron chi connectivity index (χ3n) is 11.8. The predicted octanol–water partition coefficient (Wildman–Crippen LogP) is 17.0. The summed E-state index contributed by atoms with van der Waals surface area (Å²) in [6.07, 6.45) is 53.5. The highest BCUT2D eigenvalue weighted by Crippen LogP contribution is 2.16. The number of hydrogen-bond donors (Lipinski definition) is 0. The highest BCUT2D eigenvalue weighted by Gasteiger charge is 2.19. The quantitative estimate of drug-likeness (QED) is 0.0263. The van der Waals surface area contributed by atoms with Crippen molar-refractivity contribution in [3.63, 3.8) is 0 Å². The van der Waals surface area contributed by atoms with Gasteiger partial charge in [-0.2, -0.15) is 0 Å². The van der Waals surface area contributed by atoms with Crippen LogP contribution in [0.2, 0.25) is 0 Å². The molecule has 59 heavy (non-hydrogen) atoms. The first-order valence-corrected chi connectivity index (χ1v) is 26.2. The molecule has 0 aliphatic rings. The Morgan fingerprint density at radius 3 is 0.847 bits per heavy atom. The molecule has 6 heteroatoms. The van der Waals surface area contributed by atoms with Crippen LogP contribution < -0.4 is 0 Å². The molecule has 0 aromatic carbocycles. The second kappa shape index (κ2) is 48.8. The molecule has 348 valence electrons. The molecule has 0 rings (SSSR count). The smallest absolute Gasteiger partial charge is 0.306 e. The van der Waals surface area contributed by atoms with E-state index in [1.165, 1.54) is 193 Å². The fraction of sp³-hybridized carbons (Fsp3) is 0.906. The minimum Gasteiger partial charge on any atom is -0.462 e. The molecule has 0 heterocycles. The minimum absolute atomic E-state index is 0.0659. The molecule has 0 radical (unpaired) electrons. The van der Waals surface area contributed by atoms with Crippen LogP contribution in [0, 0.1) is 0 Å². The van der Waals surface area contributed by atoms with Crippen molar-refractivity contribution in [1.82, 2.24) is 0 Å².